The van der Waals surface area contributed by atoms with Gasteiger partial charge in [-0.1, -0.05) is 12.1 Å². The molecule has 0 fully saturated rings. The molecule has 1 aromatic heterocycles. The number of ether oxygens (including phenoxy) is 2. The van der Waals surface area contributed by atoms with Crippen molar-refractivity contribution in [2.45, 2.75) is 20.0 Å². The zero-order chi connectivity index (χ0) is 16.2. The van der Waals surface area contributed by atoms with Crippen LogP contribution >= 0.6 is 0 Å². The molecule has 0 saturated carbocycles. The summed E-state index contributed by atoms with van der Waals surface area (Å²) >= 11 is 0. The van der Waals surface area contributed by atoms with Crippen LogP contribution in [0, 0.1) is 13.8 Å². The van der Waals surface area contributed by atoms with Gasteiger partial charge in [-0.15, -0.1) is 0 Å². The third-order valence-electron chi connectivity index (χ3n) is 3.25. The Labute approximate surface area is 134 Å². The fourth-order valence-electron chi connectivity index (χ4n) is 2.29. The number of para-hydroxylation sites is 2. The lowest BCUT2D eigenvalue weighted by molar-refractivity contribution is 0.0972. The molecule has 3 N–H and O–H groups in total. The van der Waals surface area contributed by atoms with Crippen LogP contribution in [0.25, 0.3) is 0 Å². The van der Waals surface area contributed by atoms with E-state index >= 15 is 0 Å². The number of aliphatic imine (C=N–C) groups is 1. The van der Waals surface area contributed by atoms with Crippen molar-refractivity contribution in [3.8, 4) is 11.5 Å². The molecule has 1 aromatic carbocycles. The van der Waals surface area contributed by atoms with Crippen LogP contribution in [-0.2, 0) is 0 Å². The van der Waals surface area contributed by atoms with E-state index in [1.165, 1.54) is 0 Å². The highest BCUT2D eigenvalue weighted by Gasteiger charge is 2.20. The van der Waals surface area contributed by atoms with Crippen molar-refractivity contribution in [2.24, 2.45) is 10.7 Å². The molecule has 1 atom stereocenters. The molecular formula is C16H19N5O2. The largest absolute Gasteiger partial charge is 0.486 e. The Kier molecular flexibility index (Phi) is 4.27. The summed E-state index contributed by atoms with van der Waals surface area (Å²) in [6, 6.07) is 9.45. The van der Waals surface area contributed by atoms with E-state index in [9.17, 15) is 0 Å². The summed E-state index contributed by atoms with van der Waals surface area (Å²) in [6.45, 7) is 4.63. The van der Waals surface area contributed by atoms with Gasteiger partial charge >= 0.3 is 0 Å². The van der Waals surface area contributed by atoms with Gasteiger partial charge in [-0.2, -0.15) is 0 Å². The van der Waals surface area contributed by atoms with Gasteiger partial charge in [0, 0.05) is 11.4 Å². The molecule has 0 bridgehead atoms. The highest BCUT2D eigenvalue weighted by molar-refractivity contribution is 5.90. The number of nitrogens with two attached hydrogens (primary N) is 1. The molecule has 1 unspecified atom stereocenters. The summed E-state index contributed by atoms with van der Waals surface area (Å²) < 4.78 is 11.5. The molecule has 2 heterocycles. The lowest BCUT2D eigenvalue weighted by atomic mass is 10.2. The molecule has 0 radical (unpaired) electrons. The monoisotopic (exact) mass is 313 g/mol. The molecular weight excluding hydrogens is 294 g/mol. The summed E-state index contributed by atoms with van der Waals surface area (Å²) in [6.07, 6.45) is -0.176. The van der Waals surface area contributed by atoms with E-state index in [4.69, 9.17) is 15.2 Å². The Morgan fingerprint density at radius 2 is 1.96 bits per heavy atom. The first-order chi connectivity index (χ1) is 11.1. The van der Waals surface area contributed by atoms with Crippen molar-refractivity contribution in [1.82, 2.24) is 9.97 Å². The molecule has 23 heavy (non-hydrogen) atoms. The number of anilines is 1. The average Bonchev–Trinajstić information content (AvgIpc) is 2.52. The second-order valence-corrected chi connectivity index (χ2v) is 5.32. The van der Waals surface area contributed by atoms with Crippen molar-refractivity contribution >= 4 is 11.9 Å². The number of hydrogen-bond donors (Lipinski definition) is 2. The SMILES string of the molecule is Cc1cc(C)nc(NC(N)=NCC2COc3ccccc3O2)n1. The van der Waals surface area contributed by atoms with Gasteiger partial charge in [0.05, 0.1) is 6.54 Å². The first-order valence-electron chi connectivity index (χ1n) is 7.38. The second kappa shape index (κ2) is 6.51. The minimum absolute atomic E-state index is 0.176. The molecule has 7 nitrogen and oxygen atoms in total. The average molecular weight is 313 g/mol. The van der Waals surface area contributed by atoms with Crippen LogP contribution in [-0.4, -0.2) is 35.2 Å². The number of guanidine groups is 1. The number of nitrogens with zero attached hydrogens (tertiary/aromatic N) is 3. The quantitative estimate of drug-likeness (QED) is 0.661. The third-order valence-corrected chi connectivity index (χ3v) is 3.25. The van der Waals surface area contributed by atoms with E-state index in [0.717, 1.165) is 22.9 Å². The predicted molar refractivity (Wildman–Crippen MR) is 88.0 cm³/mol. The maximum absolute atomic E-state index is 5.88. The summed E-state index contributed by atoms with van der Waals surface area (Å²) in [5, 5.41) is 2.89. The number of benzene rings is 1. The number of nitrogens with one attached hydrogen (secondary N) is 1. The fraction of sp³-hybridized carbons (Fsp3) is 0.312. The smallest absolute Gasteiger partial charge is 0.229 e. The molecule has 0 saturated heterocycles. The van der Waals surface area contributed by atoms with Gasteiger partial charge in [0.2, 0.25) is 5.95 Å². The molecule has 120 valence electrons. The first-order valence-corrected chi connectivity index (χ1v) is 7.38. The summed E-state index contributed by atoms with van der Waals surface area (Å²) in [5.74, 6) is 2.16. The van der Waals surface area contributed by atoms with E-state index in [0.29, 0.717) is 19.1 Å². The van der Waals surface area contributed by atoms with E-state index < -0.39 is 0 Å². The minimum atomic E-state index is -0.176. The van der Waals surface area contributed by atoms with Gasteiger partial charge in [0.1, 0.15) is 6.61 Å². The van der Waals surface area contributed by atoms with Gasteiger partial charge < -0.3 is 15.2 Å². The standard InChI is InChI=1S/C16H19N5O2/c1-10-7-11(2)20-16(19-10)21-15(17)18-8-12-9-22-13-5-3-4-6-14(13)23-12/h3-7,12H,8-9H2,1-2H3,(H3,17,18,19,20,21). The van der Waals surface area contributed by atoms with Crippen LogP contribution in [0.3, 0.4) is 0 Å². The summed E-state index contributed by atoms with van der Waals surface area (Å²) in [5.41, 5.74) is 7.62. The minimum Gasteiger partial charge on any atom is -0.486 e. The molecule has 1 aliphatic rings. The van der Waals surface area contributed by atoms with Crippen LogP contribution in [0.5, 0.6) is 11.5 Å². The zero-order valence-corrected chi connectivity index (χ0v) is 13.1. The van der Waals surface area contributed by atoms with E-state index in [-0.39, 0.29) is 12.1 Å². The Balaban J connectivity index is 1.60. The molecule has 1 aliphatic heterocycles. The second-order valence-electron chi connectivity index (χ2n) is 5.32. The van der Waals surface area contributed by atoms with Crippen LogP contribution in [0.4, 0.5) is 5.95 Å². The van der Waals surface area contributed by atoms with Crippen molar-refractivity contribution in [3.05, 3.63) is 41.7 Å². The molecule has 2 aromatic rings. The Hall–Kier alpha value is -2.83. The van der Waals surface area contributed by atoms with Crippen LogP contribution in [0.1, 0.15) is 11.4 Å². The van der Waals surface area contributed by atoms with Gasteiger partial charge in [0.25, 0.3) is 0 Å². The maximum atomic E-state index is 5.88. The van der Waals surface area contributed by atoms with Gasteiger partial charge in [-0.25, -0.2) is 15.0 Å². The number of aromatic nitrogens is 2. The number of fused-ring (bicyclic) bond motifs is 1. The van der Waals surface area contributed by atoms with Crippen molar-refractivity contribution < 1.29 is 9.47 Å². The van der Waals surface area contributed by atoms with E-state index in [1.54, 1.807) is 0 Å². The summed E-state index contributed by atoms with van der Waals surface area (Å²) in [7, 11) is 0. The highest BCUT2D eigenvalue weighted by Crippen LogP contribution is 2.30. The Morgan fingerprint density at radius 3 is 2.70 bits per heavy atom. The molecule has 0 spiro atoms. The highest BCUT2D eigenvalue weighted by atomic mass is 16.6. The van der Waals surface area contributed by atoms with Crippen LogP contribution in [0.15, 0.2) is 35.3 Å². The normalized spacial score (nSPS) is 17.0. The molecule has 7 heteroatoms. The van der Waals surface area contributed by atoms with Crippen molar-refractivity contribution in [2.75, 3.05) is 18.5 Å². The Bertz CT molecular complexity index is 712. The summed E-state index contributed by atoms with van der Waals surface area (Å²) in [4.78, 5) is 12.8. The Morgan fingerprint density at radius 1 is 1.26 bits per heavy atom. The number of aryl methyl sites for hydroxylation is 2. The number of hydrogen-bond acceptors (Lipinski definition) is 5. The lowest BCUT2D eigenvalue weighted by Gasteiger charge is -2.25. The number of rotatable bonds is 3. The maximum Gasteiger partial charge on any atom is 0.229 e. The fourth-order valence-corrected chi connectivity index (χ4v) is 2.29. The molecule has 0 aliphatic carbocycles. The molecule has 0 amide bonds. The van der Waals surface area contributed by atoms with Crippen LogP contribution < -0.4 is 20.5 Å². The first kappa shape index (κ1) is 15.1. The zero-order valence-electron chi connectivity index (χ0n) is 13.1. The third kappa shape index (κ3) is 3.88. The predicted octanol–water partition coefficient (Wildman–Crippen LogP) is 1.66. The lowest BCUT2D eigenvalue weighted by Crippen LogP contribution is -2.33. The topological polar surface area (TPSA) is 94.7 Å². The van der Waals surface area contributed by atoms with E-state index in [2.05, 4.69) is 20.3 Å². The van der Waals surface area contributed by atoms with Gasteiger partial charge in [-0.05, 0) is 32.0 Å². The molecule has 3 rings (SSSR count). The van der Waals surface area contributed by atoms with Gasteiger partial charge in [0.15, 0.2) is 23.6 Å². The van der Waals surface area contributed by atoms with Crippen molar-refractivity contribution in [3.63, 3.8) is 0 Å². The van der Waals surface area contributed by atoms with Crippen molar-refractivity contribution in [1.29, 1.82) is 0 Å². The van der Waals surface area contributed by atoms with Gasteiger partial charge in [-0.3, -0.25) is 5.32 Å². The van der Waals surface area contributed by atoms with Crippen LogP contribution in [0.2, 0.25) is 0 Å². The van der Waals surface area contributed by atoms with E-state index in [1.807, 2.05) is 44.2 Å².